The zero-order valence-electron chi connectivity index (χ0n) is 31.2. The van der Waals surface area contributed by atoms with Gasteiger partial charge in [0.2, 0.25) is 23.6 Å². The van der Waals surface area contributed by atoms with Crippen LogP contribution in [-0.4, -0.2) is 52.7 Å². The number of allylic oxidation sites excluding steroid dienone is 2. The summed E-state index contributed by atoms with van der Waals surface area (Å²) in [5.74, 6) is -7.02. The maximum absolute atomic E-state index is 15.5. The molecule has 6 atom stereocenters. The Morgan fingerprint density at radius 1 is 0.789 bits per heavy atom. The molecule has 2 aliphatic heterocycles. The van der Waals surface area contributed by atoms with Gasteiger partial charge < -0.3 is 10.0 Å². The SMILES string of the molecule is Cc1cc([C@H]2C3=CC[C@@H]4C(=O)N(c5cc([N+](=O)[O-])c(N(C)C)c([N+](=O)[O-])c5)C(=O)[C@@H]4[C@@H]3C[C@H]3C(=O)N(c4cccc(Cl)c4)C(=O)[C@@]23c2ccccc2)cc(C)c1O. The molecule has 15 heteroatoms. The molecule has 3 fully saturated rings. The van der Waals surface area contributed by atoms with Crippen molar-refractivity contribution in [1.82, 2.24) is 0 Å². The van der Waals surface area contributed by atoms with Gasteiger partial charge in [0.1, 0.15) is 5.75 Å². The fraction of sp³-hybridized carbons (Fsp3) is 0.286. The summed E-state index contributed by atoms with van der Waals surface area (Å²) >= 11 is 6.40. The summed E-state index contributed by atoms with van der Waals surface area (Å²) < 4.78 is 0. The molecule has 290 valence electrons. The smallest absolute Gasteiger partial charge is 0.301 e. The van der Waals surface area contributed by atoms with Crippen LogP contribution in [0.15, 0.2) is 90.5 Å². The summed E-state index contributed by atoms with van der Waals surface area (Å²) in [5.41, 5.74) is -0.247. The number of nitro benzene ring substituents is 2. The average Bonchev–Trinajstić information content (AvgIpc) is 3.56. The lowest BCUT2D eigenvalue weighted by Crippen LogP contribution is -2.53. The summed E-state index contributed by atoms with van der Waals surface area (Å²) in [5, 5.41) is 35.7. The van der Waals surface area contributed by atoms with Crippen LogP contribution in [0.4, 0.5) is 28.4 Å². The Morgan fingerprint density at radius 3 is 2.00 bits per heavy atom. The second-order valence-corrected chi connectivity index (χ2v) is 15.8. The molecule has 2 aliphatic carbocycles. The predicted octanol–water partition coefficient (Wildman–Crippen LogP) is 6.91. The molecule has 8 rings (SSSR count). The zero-order chi connectivity index (χ0) is 40.8. The average molecular weight is 790 g/mol. The van der Waals surface area contributed by atoms with E-state index >= 15 is 9.59 Å². The molecule has 2 saturated heterocycles. The summed E-state index contributed by atoms with van der Waals surface area (Å²) in [6, 6.07) is 21.0. The molecule has 0 aromatic heterocycles. The molecule has 0 spiro atoms. The topological polar surface area (TPSA) is 185 Å². The molecule has 4 aromatic carbocycles. The lowest BCUT2D eigenvalue weighted by Gasteiger charge is -2.51. The van der Waals surface area contributed by atoms with Crippen molar-refractivity contribution in [2.24, 2.45) is 23.7 Å². The minimum absolute atomic E-state index is 0.0111. The van der Waals surface area contributed by atoms with E-state index in [1.807, 2.05) is 24.3 Å². The first-order valence-electron chi connectivity index (χ1n) is 18.3. The van der Waals surface area contributed by atoms with Crippen molar-refractivity contribution in [3.8, 4) is 5.75 Å². The highest BCUT2D eigenvalue weighted by Gasteiger charge is 2.70. The number of benzene rings is 4. The number of aryl methyl sites for hydroxylation is 2. The Kier molecular flexibility index (Phi) is 8.80. The van der Waals surface area contributed by atoms with E-state index in [4.69, 9.17) is 11.6 Å². The number of phenols is 1. The molecular weight excluding hydrogens is 754 g/mol. The highest BCUT2D eigenvalue weighted by atomic mass is 35.5. The van der Waals surface area contributed by atoms with Gasteiger partial charge in [-0.25, -0.2) is 9.80 Å². The Balaban J connectivity index is 1.34. The van der Waals surface area contributed by atoms with Crippen molar-refractivity contribution in [3.05, 3.63) is 138 Å². The fourth-order valence-electron chi connectivity index (χ4n) is 9.98. The number of halogens is 1. The molecule has 0 bridgehead atoms. The second-order valence-electron chi connectivity index (χ2n) is 15.4. The second kappa shape index (κ2) is 13.4. The molecule has 0 unspecified atom stereocenters. The maximum Gasteiger partial charge on any atom is 0.301 e. The minimum atomic E-state index is -1.54. The maximum atomic E-state index is 15.5. The van der Waals surface area contributed by atoms with Crippen LogP contribution in [0.5, 0.6) is 5.75 Å². The Morgan fingerprint density at radius 2 is 1.42 bits per heavy atom. The first-order valence-corrected chi connectivity index (χ1v) is 18.7. The standard InChI is InChI=1S/C42H36ClN5O9/c1-21-15-23(16-22(2)37(21)49)35-28-13-14-29-34(40(52)45(38(29)50)27-18-32(47(54)55)36(44(3)4)33(19-27)48(56)57)30(28)20-31-39(51)46(26-12-8-11-25(43)17-26)41(53)42(31,35)24-9-6-5-7-10-24/h5-13,15-19,29-31,34-35,49H,14,20H2,1-4H3/t29-,30+,31-,34-,35-,42+/m0/s1. The third kappa shape index (κ3) is 5.37. The van der Waals surface area contributed by atoms with Gasteiger partial charge in [0.15, 0.2) is 5.69 Å². The number of fused-ring (bicyclic) bond motifs is 4. The Labute approximate surface area is 331 Å². The number of carbonyl (C=O) groups excluding carboxylic acids is 4. The largest absolute Gasteiger partial charge is 0.507 e. The van der Waals surface area contributed by atoms with Gasteiger partial charge in [-0.1, -0.05) is 71.8 Å². The summed E-state index contributed by atoms with van der Waals surface area (Å²) in [6.45, 7) is 3.47. The monoisotopic (exact) mass is 789 g/mol. The van der Waals surface area contributed by atoms with Gasteiger partial charge in [0, 0.05) is 37.2 Å². The van der Waals surface area contributed by atoms with Crippen LogP contribution in [0.2, 0.25) is 5.02 Å². The van der Waals surface area contributed by atoms with Crippen molar-refractivity contribution in [1.29, 1.82) is 0 Å². The molecule has 1 saturated carbocycles. The van der Waals surface area contributed by atoms with Gasteiger partial charge in [0.05, 0.1) is 44.4 Å². The van der Waals surface area contributed by atoms with Crippen LogP contribution in [0.1, 0.15) is 41.0 Å². The summed E-state index contributed by atoms with van der Waals surface area (Å²) in [6.07, 6.45) is 1.91. The highest BCUT2D eigenvalue weighted by Crippen LogP contribution is 2.65. The number of imide groups is 2. The van der Waals surface area contributed by atoms with Crippen LogP contribution in [-0.2, 0) is 24.6 Å². The van der Waals surface area contributed by atoms with Crippen molar-refractivity contribution >= 4 is 63.7 Å². The van der Waals surface area contributed by atoms with Crippen LogP contribution in [0, 0.1) is 57.7 Å². The number of nitro groups is 2. The van der Waals surface area contributed by atoms with Gasteiger partial charge in [-0.15, -0.1) is 0 Å². The molecule has 0 radical (unpaired) electrons. The third-order valence-corrected chi connectivity index (χ3v) is 12.4. The van der Waals surface area contributed by atoms with Gasteiger partial charge >= 0.3 is 11.4 Å². The molecule has 4 aromatic rings. The number of amides is 4. The summed E-state index contributed by atoms with van der Waals surface area (Å²) in [7, 11) is 2.83. The number of carbonyl (C=O) groups is 4. The number of hydrogen-bond donors (Lipinski definition) is 1. The van der Waals surface area contributed by atoms with E-state index in [9.17, 15) is 34.9 Å². The highest BCUT2D eigenvalue weighted by molar-refractivity contribution is 6.32. The number of phenolic OH excluding ortho intramolecular Hbond substituents is 1. The van der Waals surface area contributed by atoms with Crippen LogP contribution in [0.3, 0.4) is 0 Å². The molecule has 57 heavy (non-hydrogen) atoms. The van der Waals surface area contributed by atoms with Crippen LogP contribution < -0.4 is 14.7 Å². The number of nitrogens with zero attached hydrogens (tertiary/aromatic N) is 5. The predicted molar refractivity (Wildman–Crippen MR) is 210 cm³/mol. The van der Waals surface area contributed by atoms with Gasteiger partial charge in [-0.05, 0) is 73.1 Å². The van der Waals surface area contributed by atoms with Crippen molar-refractivity contribution in [3.63, 3.8) is 0 Å². The molecular formula is C42H36ClN5O9. The van der Waals surface area contributed by atoms with Gasteiger partial charge in [-0.2, -0.15) is 0 Å². The van der Waals surface area contributed by atoms with E-state index in [-0.39, 0.29) is 35.7 Å². The molecule has 4 amide bonds. The first-order chi connectivity index (χ1) is 27.1. The zero-order valence-corrected chi connectivity index (χ0v) is 32.0. The summed E-state index contributed by atoms with van der Waals surface area (Å²) in [4.78, 5) is 85.7. The molecule has 2 heterocycles. The van der Waals surface area contributed by atoms with Gasteiger partial charge in [0.25, 0.3) is 0 Å². The van der Waals surface area contributed by atoms with Crippen molar-refractivity contribution in [2.75, 3.05) is 28.8 Å². The Bertz CT molecular complexity index is 2450. The van der Waals surface area contributed by atoms with E-state index in [1.54, 1.807) is 56.3 Å². The third-order valence-electron chi connectivity index (χ3n) is 12.2. The van der Waals surface area contributed by atoms with E-state index in [1.165, 1.54) is 25.1 Å². The first kappa shape index (κ1) is 37.5. The van der Waals surface area contributed by atoms with E-state index in [0.29, 0.717) is 32.8 Å². The van der Waals surface area contributed by atoms with E-state index < -0.39 is 79.9 Å². The lowest BCUT2D eigenvalue weighted by molar-refractivity contribution is -0.392. The number of anilines is 3. The van der Waals surface area contributed by atoms with Crippen LogP contribution in [0.25, 0.3) is 0 Å². The normalized spacial score (nSPS) is 25.2. The molecule has 4 aliphatic rings. The van der Waals surface area contributed by atoms with Gasteiger partial charge in [-0.3, -0.25) is 39.4 Å². The minimum Gasteiger partial charge on any atom is -0.507 e. The van der Waals surface area contributed by atoms with Crippen molar-refractivity contribution < 1.29 is 34.1 Å². The molecule has 14 nitrogen and oxygen atoms in total. The lowest BCUT2D eigenvalue weighted by atomic mass is 9.49. The van der Waals surface area contributed by atoms with Crippen LogP contribution >= 0.6 is 11.6 Å². The number of rotatable bonds is 7. The van der Waals surface area contributed by atoms with E-state index in [0.717, 1.165) is 21.9 Å². The molecule has 1 N–H and O–H groups in total. The Hall–Kier alpha value is -6.41. The quantitative estimate of drug-likeness (QED) is 0.0893. The van der Waals surface area contributed by atoms with E-state index in [2.05, 4.69) is 0 Å². The fourth-order valence-corrected chi connectivity index (χ4v) is 10.2. The number of aromatic hydroxyl groups is 1. The number of hydrogen-bond acceptors (Lipinski definition) is 10. The van der Waals surface area contributed by atoms with Crippen molar-refractivity contribution in [2.45, 2.75) is 38.0 Å².